The molecule has 0 atom stereocenters. The third kappa shape index (κ3) is 6.75. The van der Waals surface area contributed by atoms with Crippen molar-refractivity contribution in [2.45, 2.75) is 31.3 Å². The molecule has 212 valence electrons. The minimum Gasteiger partial charge on any atom is -0.358 e. The van der Waals surface area contributed by atoms with Crippen LogP contribution in [0.15, 0.2) is 82.7 Å². The first-order valence-electron chi connectivity index (χ1n) is 12.6. The fourth-order valence-corrected chi connectivity index (χ4v) is 5.43. The highest BCUT2D eigenvalue weighted by molar-refractivity contribution is 7.99. The molecule has 0 aliphatic carbocycles. The Morgan fingerprint density at radius 3 is 2.59 bits per heavy atom. The minimum absolute atomic E-state index is 0.0965. The lowest BCUT2D eigenvalue weighted by molar-refractivity contribution is -0.137. The molecule has 0 saturated heterocycles. The predicted octanol–water partition coefficient (Wildman–Crippen LogP) is 6.33. The molecule has 12 heteroatoms. The second kappa shape index (κ2) is 12.0. The zero-order chi connectivity index (χ0) is 29.1. The van der Waals surface area contributed by atoms with Crippen molar-refractivity contribution in [3.05, 3.63) is 110 Å². The number of alkyl halides is 3. The van der Waals surface area contributed by atoms with Gasteiger partial charge in [-0.05, 0) is 48.9 Å². The van der Waals surface area contributed by atoms with E-state index in [1.54, 1.807) is 18.2 Å². The van der Waals surface area contributed by atoms with Crippen LogP contribution in [0.3, 0.4) is 0 Å². The van der Waals surface area contributed by atoms with E-state index in [-0.39, 0.29) is 29.0 Å². The summed E-state index contributed by atoms with van der Waals surface area (Å²) in [4.78, 5) is 32.1. The summed E-state index contributed by atoms with van der Waals surface area (Å²) in [5.41, 5.74) is 1.62. The number of nitrogens with zero attached hydrogens (tertiary/aromatic N) is 3. The number of aromatic nitrogens is 2. The highest BCUT2D eigenvalue weighted by Gasteiger charge is 2.32. The molecular weight excluding hydrogens is 575 g/mol. The van der Waals surface area contributed by atoms with E-state index in [1.807, 2.05) is 42.2 Å². The van der Waals surface area contributed by atoms with E-state index in [4.69, 9.17) is 11.6 Å². The van der Waals surface area contributed by atoms with E-state index >= 15 is 0 Å². The van der Waals surface area contributed by atoms with Gasteiger partial charge in [0.2, 0.25) is 5.91 Å². The van der Waals surface area contributed by atoms with Gasteiger partial charge in [-0.1, -0.05) is 65.3 Å². The van der Waals surface area contributed by atoms with Crippen molar-refractivity contribution in [1.29, 1.82) is 0 Å². The van der Waals surface area contributed by atoms with E-state index in [0.717, 1.165) is 35.0 Å². The Morgan fingerprint density at radius 1 is 1.10 bits per heavy atom. The van der Waals surface area contributed by atoms with Crippen molar-refractivity contribution in [2.75, 3.05) is 23.1 Å². The molecular formula is C29H25ClF3N5O2S. The Balaban J connectivity index is 1.48. The fraction of sp³-hybridized carbons (Fsp3) is 0.207. The quantitative estimate of drug-likeness (QED) is 0.191. The van der Waals surface area contributed by atoms with Crippen molar-refractivity contribution in [1.82, 2.24) is 14.5 Å². The van der Waals surface area contributed by atoms with E-state index in [0.29, 0.717) is 35.3 Å². The summed E-state index contributed by atoms with van der Waals surface area (Å²) in [6.07, 6.45) is -4.57. The van der Waals surface area contributed by atoms with Crippen LogP contribution in [0.25, 0.3) is 5.69 Å². The third-order valence-corrected chi connectivity index (χ3v) is 7.77. The maximum Gasteiger partial charge on any atom is 0.416 e. The molecule has 2 N–H and O–H groups in total. The molecule has 0 spiro atoms. The van der Waals surface area contributed by atoms with Gasteiger partial charge in [-0.2, -0.15) is 18.2 Å². The van der Waals surface area contributed by atoms with Crippen LogP contribution < -0.4 is 16.2 Å². The Hall–Kier alpha value is -3.80. The highest BCUT2D eigenvalue weighted by Crippen LogP contribution is 2.34. The SMILES string of the molecule is Cc1ccc(NC(=O)CSc2nc(=O)c3c(n2-c2cccc(C(F)(F)F)c2)NCN(Cc2ccccc2Cl)C3)cc1. The number of carbonyl (C=O) groups is 1. The molecule has 0 saturated carbocycles. The first-order chi connectivity index (χ1) is 19.6. The largest absolute Gasteiger partial charge is 0.416 e. The van der Waals surface area contributed by atoms with Crippen LogP contribution in [0.4, 0.5) is 24.7 Å². The van der Waals surface area contributed by atoms with Crippen LogP contribution in [0.5, 0.6) is 0 Å². The van der Waals surface area contributed by atoms with Crippen LogP contribution in [-0.2, 0) is 24.1 Å². The summed E-state index contributed by atoms with van der Waals surface area (Å²) < 4.78 is 42.3. The minimum atomic E-state index is -4.57. The molecule has 0 fully saturated rings. The van der Waals surface area contributed by atoms with Crippen LogP contribution in [0.1, 0.15) is 22.3 Å². The van der Waals surface area contributed by atoms with Gasteiger partial charge in [0, 0.05) is 23.8 Å². The van der Waals surface area contributed by atoms with E-state index in [9.17, 15) is 22.8 Å². The number of rotatable bonds is 7. The molecule has 4 aromatic rings. The lowest BCUT2D eigenvalue weighted by Gasteiger charge is -2.32. The van der Waals surface area contributed by atoms with Gasteiger partial charge in [0.15, 0.2) is 5.16 Å². The average Bonchev–Trinajstić information content (AvgIpc) is 2.94. The number of anilines is 2. The summed E-state index contributed by atoms with van der Waals surface area (Å²) in [6.45, 7) is 2.89. The number of benzene rings is 3. The monoisotopic (exact) mass is 599 g/mol. The smallest absolute Gasteiger partial charge is 0.358 e. The molecule has 0 unspecified atom stereocenters. The van der Waals surface area contributed by atoms with E-state index in [1.165, 1.54) is 16.7 Å². The molecule has 1 aliphatic rings. The van der Waals surface area contributed by atoms with Crippen LogP contribution >= 0.6 is 23.4 Å². The van der Waals surface area contributed by atoms with Gasteiger partial charge in [-0.3, -0.25) is 19.1 Å². The molecule has 1 aliphatic heterocycles. The molecule has 1 amide bonds. The molecule has 5 rings (SSSR count). The lowest BCUT2D eigenvalue weighted by atomic mass is 10.1. The van der Waals surface area contributed by atoms with Crippen molar-refractivity contribution in [2.24, 2.45) is 0 Å². The van der Waals surface area contributed by atoms with Gasteiger partial charge in [0.05, 0.1) is 29.2 Å². The number of aryl methyl sites for hydroxylation is 1. The number of amides is 1. The lowest BCUT2D eigenvalue weighted by Crippen LogP contribution is -2.39. The summed E-state index contributed by atoms with van der Waals surface area (Å²) in [5.74, 6) is -0.127. The first kappa shape index (κ1) is 28.7. The number of hydrogen-bond donors (Lipinski definition) is 2. The second-order valence-electron chi connectivity index (χ2n) is 9.53. The Morgan fingerprint density at radius 2 is 1.85 bits per heavy atom. The topological polar surface area (TPSA) is 79.3 Å². The van der Waals surface area contributed by atoms with Gasteiger partial charge < -0.3 is 10.6 Å². The molecule has 0 radical (unpaired) electrons. The number of thioether (sulfide) groups is 1. The number of fused-ring (bicyclic) bond motifs is 1. The number of hydrogen-bond acceptors (Lipinski definition) is 6. The van der Waals surface area contributed by atoms with Crippen molar-refractivity contribution in [3.63, 3.8) is 0 Å². The van der Waals surface area contributed by atoms with Gasteiger partial charge >= 0.3 is 6.18 Å². The van der Waals surface area contributed by atoms with E-state index < -0.39 is 17.3 Å². The number of nitrogens with one attached hydrogen (secondary N) is 2. The molecule has 7 nitrogen and oxygen atoms in total. The fourth-order valence-electron chi connectivity index (χ4n) is 4.43. The predicted molar refractivity (Wildman–Crippen MR) is 155 cm³/mol. The molecule has 1 aromatic heterocycles. The van der Waals surface area contributed by atoms with Crippen LogP contribution in [-0.4, -0.2) is 32.8 Å². The number of carbonyl (C=O) groups excluding carboxylic acids is 1. The average molecular weight is 600 g/mol. The maximum atomic E-state index is 13.6. The Bertz CT molecular complexity index is 1640. The maximum absolute atomic E-state index is 13.6. The standard InChI is InChI=1S/C29H25ClF3N5O2S/c1-18-9-11-21(12-10-18)35-25(39)16-41-28-36-27(40)23-15-37(14-19-5-2-3-8-24(19)30)17-34-26(23)38(28)22-7-4-6-20(13-22)29(31,32)33/h2-13,34H,14-17H2,1H3,(H,35,39). The summed E-state index contributed by atoms with van der Waals surface area (Å²) >= 11 is 7.28. The highest BCUT2D eigenvalue weighted by atomic mass is 35.5. The van der Waals surface area contributed by atoms with Crippen molar-refractivity contribution >= 4 is 40.8 Å². The number of halogens is 4. The van der Waals surface area contributed by atoms with Gasteiger partial charge in [0.25, 0.3) is 5.56 Å². The Labute approximate surface area is 243 Å². The first-order valence-corrected chi connectivity index (χ1v) is 14.0. The zero-order valence-electron chi connectivity index (χ0n) is 21.8. The summed E-state index contributed by atoms with van der Waals surface area (Å²) in [7, 11) is 0. The van der Waals surface area contributed by atoms with Gasteiger partial charge in [0.1, 0.15) is 5.82 Å². The van der Waals surface area contributed by atoms with E-state index in [2.05, 4.69) is 15.6 Å². The van der Waals surface area contributed by atoms with Gasteiger partial charge in [-0.15, -0.1) is 0 Å². The molecule has 3 aromatic carbocycles. The van der Waals surface area contributed by atoms with Crippen LogP contribution in [0.2, 0.25) is 5.02 Å². The Kier molecular flexibility index (Phi) is 8.39. The zero-order valence-corrected chi connectivity index (χ0v) is 23.4. The van der Waals surface area contributed by atoms with Crippen molar-refractivity contribution < 1.29 is 18.0 Å². The summed E-state index contributed by atoms with van der Waals surface area (Å²) in [6, 6.07) is 19.4. The molecule has 2 heterocycles. The molecule has 0 bridgehead atoms. The second-order valence-corrected chi connectivity index (χ2v) is 10.9. The van der Waals surface area contributed by atoms with Crippen molar-refractivity contribution in [3.8, 4) is 5.69 Å². The summed E-state index contributed by atoms with van der Waals surface area (Å²) in [5, 5.41) is 6.67. The van der Waals surface area contributed by atoms with Crippen LogP contribution in [0, 0.1) is 6.92 Å². The molecule has 41 heavy (non-hydrogen) atoms. The van der Waals surface area contributed by atoms with Gasteiger partial charge in [-0.25, -0.2) is 0 Å². The normalized spacial score (nSPS) is 13.4. The third-order valence-electron chi connectivity index (χ3n) is 6.46.